The van der Waals surface area contributed by atoms with Crippen molar-refractivity contribution in [2.24, 2.45) is 11.1 Å². The highest BCUT2D eigenvalue weighted by atomic mass is 32.1. The Morgan fingerprint density at radius 3 is 2.58 bits per heavy atom. The first-order valence-corrected chi connectivity index (χ1v) is 6.69. The molecule has 2 N–H and O–H groups in total. The molecule has 1 rings (SSSR count). The van der Waals surface area contributed by atoms with Crippen LogP contribution in [0.3, 0.4) is 0 Å². The first-order valence-electron chi connectivity index (χ1n) is 6.28. The minimum absolute atomic E-state index is 0.0782. The van der Waals surface area contributed by atoms with Crippen molar-refractivity contribution in [3.63, 3.8) is 0 Å². The second kappa shape index (κ2) is 6.61. The number of carbonyl (C=O) groups is 1. The molecule has 1 aromatic rings. The fourth-order valence-electron chi connectivity index (χ4n) is 1.66. The molecule has 0 aliphatic rings. The maximum absolute atomic E-state index is 12.4. The molecule has 1 aromatic heterocycles. The molecule has 104 valence electrons. The Morgan fingerprint density at radius 2 is 2.11 bits per heavy atom. The summed E-state index contributed by atoms with van der Waals surface area (Å²) in [6, 6.07) is 5.67. The predicted octanol–water partition coefficient (Wildman–Crippen LogP) is 2.13. The van der Waals surface area contributed by atoms with Gasteiger partial charge in [0.2, 0.25) is 5.91 Å². The van der Waals surface area contributed by atoms with E-state index in [9.17, 15) is 4.79 Å². The summed E-state index contributed by atoms with van der Waals surface area (Å²) in [5.74, 6) is 0.0782. The summed E-state index contributed by atoms with van der Waals surface area (Å²) in [5.41, 5.74) is 5.96. The molecule has 0 bridgehead atoms. The van der Waals surface area contributed by atoms with Gasteiger partial charge >= 0.3 is 0 Å². The number of thiocarbonyl (C=S) groups is 1. The van der Waals surface area contributed by atoms with Crippen LogP contribution in [0.2, 0.25) is 0 Å². The first-order chi connectivity index (χ1) is 8.80. The van der Waals surface area contributed by atoms with Crippen molar-refractivity contribution < 1.29 is 4.79 Å². The molecule has 0 saturated heterocycles. The van der Waals surface area contributed by atoms with Crippen molar-refractivity contribution in [2.75, 3.05) is 6.54 Å². The van der Waals surface area contributed by atoms with Gasteiger partial charge in [-0.25, -0.2) is 0 Å². The zero-order chi connectivity index (χ0) is 14.5. The van der Waals surface area contributed by atoms with E-state index in [2.05, 4.69) is 4.98 Å². The van der Waals surface area contributed by atoms with Crippen LogP contribution in [0.25, 0.3) is 0 Å². The van der Waals surface area contributed by atoms with Gasteiger partial charge in [-0.2, -0.15) is 0 Å². The molecule has 1 amide bonds. The van der Waals surface area contributed by atoms with Gasteiger partial charge in [-0.1, -0.05) is 39.1 Å². The zero-order valence-electron chi connectivity index (χ0n) is 11.7. The monoisotopic (exact) mass is 279 g/mol. The summed E-state index contributed by atoms with van der Waals surface area (Å²) >= 11 is 4.88. The molecule has 4 nitrogen and oxygen atoms in total. The van der Waals surface area contributed by atoms with Crippen LogP contribution in [0.15, 0.2) is 24.4 Å². The highest BCUT2D eigenvalue weighted by Gasteiger charge is 2.27. The first kappa shape index (κ1) is 15.6. The van der Waals surface area contributed by atoms with Crippen molar-refractivity contribution in [3.8, 4) is 0 Å². The van der Waals surface area contributed by atoms with E-state index in [1.807, 2.05) is 39.0 Å². The lowest BCUT2D eigenvalue weighted by molar-refractivity contribution is -0.140. The molecule has 0 fully saturated rings. The highest BCUT2D eigenvalue weighted by Crippen LogP contribution is 2.19. The van der Waals surface area contributed by atoms with Crippen LogP contribution >= 0.6 is 12.2 Å². The van der Waals surface area contributed by atoms with Crippen molar-refractivity contribution in [1.82, 2.24) is 9.88 Å². The SMILES string of the molecule is CC(C)(C)C(=O)N(CCC(N)=S)Cc1ccccn1. The molecule has 0 unspecified atom stereocenters. The third kappa shape index (κ3) is 5.34. The molecular weight excluding hydrogens is 258 g/mol. The highest BCUT2D eigenvalue weighted by molar-refractivity contribution is 7.80. The van der Waals surface area contributed by atoms with Crippen LogP contribution < -0.4 is 5.73 Å². The molecular formula is C14H21N3OS. The Labute approximate surface area is 120 Å². The number of pyridine rings is 1. The van der Waals surface area contributed by atoms with Crippen LogP contribution in [-0.4, -0.2) is 27.3 Å². The summed E-state index contributed by atoms with van der Waals surface area (Å²) in [4.78, 5) is 18.8. The van der Waals surface area contributed by atoms with E-state index in [4.69, 9.17) is 18.0 Å². The number of amides is 1. The fraction of sp³-hybridized carbons (Fsp3) is 0.500. The van der Waals surface area contributed by atoms with Crippen molar-refractivity contribution >= 4 is 23.1 Å². The Hall–Kier alpha value is -1.49. The quantitative estimate of drug-likeness (QED) is 0.839. The van der Waals surface area contributed by atoms with Crippen LogP contribution in [0.1, 0.15) is 32.9 Å². The number of hydrogen-bond acceptors (Lipinski definition) is 3. The fourth-order valence-corrected chi connectivity index (χ4v) is 1.75. The number of rotatable bonds is 5. The number of nitrogens with zero attached hydrogens (tertiary/aromatic N) is 2. The average molecular weight is 279 g/mol. The van der Waals surface area contributed by atoms with Gasteiger partial charge < -0.3 is 10.6 Å². The number of aromatic nitrogens is 1. The standard InChI is InChI=1S/C14H21N3OS/c1-14(2,3)13(18)17(9-7-12(15)19)10-11-6-4-5-8-16-11/h4-6,8H,7,9-10H2,1-3H3,(H2,15,19). The Kier molecular flexibility index (Phi) is 5.42. The van der Waals surface area contributed by atoms with Crippen molar-refractivity contribution in [1.29, 1.82) is 0 Å². The lowest BCUT2D eigenvalue weighted by Crippen LogP contribution is -2.40. The summed E-state index contributed by atoms with van der Waals surface area (Å²) in [5, 5.41) is 0. The van der Waals surface area contributed by atoms with E-state index in [-0.39, 0.29) is 5.91 Å². The number of carbonyl (C=O) groups excluding carboxylic acids is 1. The molecule has 0 aromatic carbocycles. The normalized spacial score (nSPS) is 11.1. The smallest absolute Gasteiger partial charge is 0.228 e. The molecule has 0 aliphatic heterocycles. The van der Waals surface area contributed by atoms with E-state index in [1.165, 1.54) is 0 Å². The minimum Gasteiger partial charge on any atom is -0.393 e. The predicted molar refractivity (Wildman–Crippen MR) is 80.5 cm³/mol. The van der Waals surface area contributed by atoms with E-state index in [1.54, 1.807) is 11.1 Å². The Balaban J connectivity index is 2.80. The lowest BCUT2D eigenvalue weighted by Gasteiger charge is -2.29. The third-order valence-electron chi connectivity index (χ3n) is 2.64. The average Bonchev–Trinajstić information content (AvgIpc) is 2.33. The summed E-state index contributed by atoms with van der Waals surface area (Å²) in [6.07, 6.45) is 2.26. The van der Waals surface area contributed by atoms with Gasteiger partial charge in [0.15, 0.2) is 0 Å². The van der Waals surface area contributed by atoms with E-state index in [0.29, 0.717) is 24.5 Å². The largest absolute Gasteiger partial charge is 0.393 e. The second-order valence-electron chi connectivity index (χ2n) is 5.51. The van der Waals surface area contributed by atoms with Crippen molar-refractivity contribution in [2.45, 2.75) is 33.7 Å². The number of hydrogen-bond donors (Lipinski definition) is 1. The van der Waals surface area contributed by atoms with Gasteiger partial charge in [-0.15, -0.1) is 0 Å². The van der Waals surface area contributed by atoms with E-state index < -0.39 is 5.41 Å². The van der Waals surface area contributed by atoms with Gasteiger partial charge in [0.1, 0.15) is 0 Å². The Bertz CT molecular complexity index is 440. The molecule has 0 radical (unpaired) electrons. The zero-order valence-corrected chi connectivity index (χ0v) is 12.5. The van der Waals surface area contributed by atoms with Gasteiger partial charge in [-0.05, 0) is 12.1 Å². The van der Waals surface area contributed by atoms with Gasteiger partial charge in [0.05, 0.1) is 17.2 Å². The molecule has 1 heterocycles. The van der Waals surface area contributed by atoms with Crippen LogP contribution in [-0.2, 0) is 11.3 Å². The summed E-state index contributed by atoms with van der Waals surface area (Å²) in [7, 11) is 0. The van der Waals surface area contributed by atoms with Gasteiger partial charge in [-0.3, -0.25) is 9.78 Å². The molecule has 0 atom stereocenters. The molecule has 0 aliphatic carbocycles. The molecule has 0 spiro atoms. The second-order valence-corrected chi connectivity index (χ2v) is 6.04. The van der Waals surface area contributed by atoms with Crippen LogP contribution in [0.4, 0.5) is 0 Å². The van der Waals surface area contributed by atoms with Crippen LogP contribution in [0.5, 0.6) is 0 Å². The summed E-state index contributed by atoms with van der Waals surface area (Å²) < 4.78 is 0. The maximum Gasteiger partial charge on any atom is 0.228 e. The molecule has 0 saturated carbocycles. The van der Waals surface area contributed by atoms with E-state index in [0.717, 1.165) is 5.69 Å². The van der Waals surface area contributed by atoms with E-state index >= 15 is 0 Å². The molecule has 19 heavy (non-hydrogen) atoms. The molecule has 5 heteroatoms. The summed E-state index contributed by atoms with van der Waals surface area (Å²) in [6.45, 7) is 6.73. The number of nitrogens with two attached hydrogens (primary N) is 1. The lowest BCUT2D eigenvalue weighted by atomic mass is 9.94. The van der Waals surface area contributed by atoms with Crippen LogP contribution in [0, 0.1) is 5.41 Å². The van der Waals surface area contributed by atoms with Crippen molar-refractivity contribution in [3.05, 3.63) is 30.1 Å². The maximum atomic E-state index is 12.4. The minimum atomic E-state index is -0.426. The Morgan fingerprint density at radius 1 is 1.42 bits per heavy atom. The topological polar surface area (TPSA) is 59.2 Å². The van der Waals surface area contributed by atoms with Gasteiger partial charge in [0.25, 0.3) is 0 Å². The van der Waals surface area contributed by atoms with Gasteiger partial charge in [0, 0.05) is 24.6 Å². The third-order valence-corrected chi connectivity index (χ3v) is 2.84.